The van der Waals surface area contributed by atoms with E-state index in [1.807, 2.05) is 27.7 Å². The fraction of sp³-hybridized carbons (Fsp3) is 0.789. The van der Waals surface area contributed by atoms with E-state index in [2.05, 4.69) is 18.7 Å². The number of carbonyl (C=O) groups excluding carboxylic acids is 2. The number of hydrogen-bond donors (Lipinski definition) is 3. The van der Waals surface area contributed by atoms with Gasteiger partial charge in [0.25, 0.3) is 0 Å². The lowest BCUT2D eigenvalue weighted by molar-refractivity contribution is -0.117. The molecule has 276 valence electrons. The zero-order chi connectivity index (χ0) is 36.2. The Labute approximate surface area is 290 Å². The quantitative estimate of drug-likeness (QED) is 0.0707. The van der Waals surface area contributed by atoms with E-state index in [0.29, 0.717) is 56.8 Å². The van der Waals surface area contributed by atoms with Crippen molar-refractivity contribution in [2.75, 3.05) is 33.3 Å². The second-order valence-electron chi connectivity index (χ2n) is 14.7. The van der Waals surface area contributed by atoms with Crippen LogP contribution in [0.3, 0.4) is 0 Å². The van der Waals surface area contributed by atoms with Crippen LogP contribution < -0.4 is 0 Å². The summed E-state index contributed by atoms with van der Waals surface area (Å²) < 4.78 is 17.8. The van der Waals surface area contributed by atoms with Crippen molar-refractivity contribution in [1.29, 1.82) is 0 Å². The van der Waals surface area contributed by atoms with Gasteiger partial charge in [-0.25, -0.2) is 4.79 Å². The summed E-state index contributed by atoms with van der Waals surface area (Å²) >= 11 is 0. The molecule has 2 saturated heterocycles. The highest BCUT2D eigenvalue weighted by molar-refractivity contribution is 5.97. The molecule has 9 unspecified atom stereocenters. The molecule has 1 amide bonds. The third-order valence-electron chi connectivity index (χ3n) is 10.2. The van der Waals surface area contributed by atoms with Crippen molar-refractivity contribution in [2.45, 2.75) is 149 Å². The standard InChI is InChI=1S/C38H66N2O8/c1-11-30(41)18-20-38(9,46-10)33(48-36(44)40-22-14-21-39(23-24-40)26(3)4)17-16-28(6)34(43)27(5)15-13-19-37(8,45)25-32-35(47-32)29(7)31(42)12-2/h13,15-17,19,26,28-33,35,41-42,45H,11-12,14,18,20-25H2,1-10H3/b17-16+,19-13+,27-15+. The molecule has 2 aliphatic rings. The fourth-order valence-corrected chi connectivity index (χ4v) is 6.25. The molecule has 3 N–H and O–H groups in total. The Morgan fingerprint density at radius 3 is 2.31 bits per heavy atom. The molecule has 0 aromatic carbocycles. The van der Waals surface area contributed by atoms with Gasteiger partial charge in [0.2, 0.25) is 0 Å². The molecule has 2 heterocycles. The minimum Gasteiger partial charge on any atom is -0.439 e. The molecule has 10 nitrogen and oxygen atoms in total. The Bertz CT molecular complexity index is 1100. The number of amides is 1. The highest BCUT2D eigenvalue weighted by Crippen LogP contribution is 2.37. The van der Waals surface area contributed by atoms with Gasteiger partial charge in [-0.1, -0.05) is 52.0 Å². The molecule has 9 atom stereocenters. The van der Waals surface area contributed by atoms with Crippen LogP contribution in [0.5, 0.6) is 0 Å². The number of methoxy groups -OCH3 is 1. The summed E-state index contributed by atoms with van der Waals surface area (Å²) in [7, 11) is 1.58. The van der Waals surface area contributed by atoms with Gasteiger partial charge in [-0.3, -0.25) is 9.69 Å². The molecule has 0 saturated carbocycles. The van der Waals surface area contributed by atoms with Crippen LogP contribution in [0, 0.1) is 11.8 Å². The van der Waals surface area contributed by atoms with Crippen LogP contribution in [0.1, 0.15) is 101 Å². The number of epoxide rings is 1. The molecule has 0 aromatic heterocycles. The monoisotopic (exact) mass is 678 g/mol. The van der Waals surface area contributed by atoms with E-state index >= 15 is 0 Å². The maximum Gasteiger partial charge on any atom is 0.410 e. The maximum absolute atomic E-state index is 13.5. The molecular formula is C38H66N2O8. The van der Waals surface area contributed by atoms with Crippen molar-refractivity contribution < 1.29 is 39.1 Å². The van der Waals surface area contributed by atoms with Crippen LogP contribution in [-0.2, 0) is 19.0 Å². The van der Waals surface area contributed by atoms with Gasteiger partial charge in [-0.15, -0.1) is 0 Å². The Morgan fingerprint density at radius 2 is 1.71 bits per heavy atom. The largest absolute Gasteiger partial charge is 0.439 e. The smallest absolute Gasteiger partial charge is 0.410 e. The summed E-state index contributed by atoms with van der Waals surface area (Å²) in [6.45, 7) is 20.1. The number of carbonyl (C=O) groups is 2. The van der Waals surface area contributed by atoms with Crippen molar-refractivity contribution in [3.05, 3.63) is 36.0 Å². The van der Waals surface area contributed by atoms with Gasteiger partial charge >= 0.3 is 6.09 Å². The zero-order valence-electron chi connectivity index (χ0n) is 31.4. The summed E-state index contributed by atoms with van der Waals surface area (Å²) in [6, 6.07) is 0.402. The summed E-state index contributed by atoms with van der Waals surface area (Å²) in [5.41, 5.74) is -1.53. The molecular weight excluding hydrogens is 612 g/mol. The van der Waals surface area contributed by atoms with Crippen molar-refractivity contribution in [3.8, 4) is 0 Å². The number of hydrogen-bond acceptors (Lipinski definition) is 9. The molecule has 2 aliphatic heterocycles. The minimum atomic E-state index is -1.13. The number of Topliss-reactive ketones (excluding diaryl/α,β-unsaturated/α-hetero) is 1. The third-order valence-corrected chi connectivity index (χ3v) is 10.2. The lowest BCUT2D eigenvalue weighted by atomic mass is 9.89. The normalized spacial score (nSPS) is 25.3. The first-order valence-electron chi connectivity index (χ1n) is 18.1. The number of ether oxygens (including phenoxy) is 3. The number of ketones is 1. The van der Waals surface area contributed by atoms with Crippen molar-refractivity contribution >= 4 is 11.9 Å². The van der Waals surface area contributed by atoms with Gasteiger partial charge in [0.1, 0.15) is 5.60 Å². The predicted octanol–water partition coefficient (Wildman–Crippen LogP) is 5.44. The van der Waals surface area contributed by atoms with Crippen LogP contribution in [0.25, 0.3) is 0 Å². The predicted molar refractivity (Wildman–Crippen MR) is 190 cm³/mol. The SMILES string of the molecule is CCC(O)CCC(C)(OC)C(/C=C/C(C)C(=O)/C(C)=C/C=C/C(C)(O)CC1OC1C(C)C(O)CC)OC(=O)N1CCCN(C(C)C)CC1. The summed E-state index contributed by atoms with van der Waals surface area (Å²) in [4.78, 5) is 30.9. The van der Waals surface area contributed by atoms with E-state index in [1.165, 1.54) is 0 Å². The molecule has 0 aliphatic carbocycles. The van der Waals surface area contributed by atoms with E-state index in [4.69, 9.17) is 14.2 Å². The highest BCUT2D eigenvalue weighted by atomic mass is 16.6. The van der Waals surface area contributed by atoms with Crippen LogP contribution >= 0.6 is 0 Å². The van der Waals surface area contributed by atoms with E-state index in [9.17, 15) is 24.9 Å². The zero-order valence-corrected chi connectivity index (χ0v) is 31.4. The summed E-state index contributed by atoms with van der Waals surface area (Å²) in [5, 5.41) is 31.3. The van der Waals surface area contributed by atoms with Gasteiger partial charge in [0, 0.05) is 57.6 Å². The Hall–Kier alpha value is -2.08. The highest BCUT2D eigenvalue weighted by Gasteiger charge is 2.47. The Kier molecular flexibility index (Phi) is 17.0. The Morgan fingerprint density at radius 1 is 1.02 bits per heavy atom. The van der Waals surface area contributed by atoms with Crippen LogP contribution in [0.4, 0.5) is 4.79 Å². The molecule has 2 fully saturated rings. The lowest BCUT2D eigenvalue weighted by Crippen LogP contribution is -2.46. The van der Waals surface area contributed by atoms with E-state index in [-0.39, 0.29) is 23.9 Å². The minimum absolute atomic E-state index is 0.00637. The number of rotatable bonds is 19. The second kappa shape index (κ2) is 19.3. The molecule has 0 aromatic rings. The van der Waals surface area contributed by atoms with Crippen LogP contribution in [0.15, 0.2) is 36.0 Å². The van der Waals surface area contributed by atoms with Gasteiger partial charge in [-0.2, -0.15) is 0 Å². The van der Waals surface area contributed by atoms with Gasteiger partial charge in [0.05, 0.1) is 30.0 Å². The summed E-state index contributed by atoms with van der Waals surface area (Å²) in [5.74, 6) is -0.606. The van der Waals surface area contributed by atoms with Crippen molar-refractivity contribution in [1.82, 2.24) is 9.80 Å². The Balaban J connectivity index is 2.13. The van der Waals surface area contributed by atoms with E-state index in [0.717, 1.165) is 19.5 Å². The van der Waals surface area contributed by atoms with Crippen molar-refractivity contribution in [3.63, 3.8) is 0 Å². The van der Waals surface area contributed by atoms with Crippen molar-refractivity contribution in [2.24, 2.45) is 11.8 Å². The number of nitrogens with zero attached hydrogens (tertiary/aromatic N) is 2. The molecule has 10 heteroatoms. The molecule has 0 spiro atoms. The topological polar surface area (TPSA) is 132 Å². The average Bonchev–Trinajstić information content (AvgIpc) is 3.85. The second-order valence-corrected chi connectivity index (χ2v) is 14.7. The maximum atomic E-state index is 13.5. The lowest BCUT2D eigenvalue weighted by Gasteiger charge is -2.36. The van der Waals surface area contributed by atoms with Crippen LogP contribution in [0.2, 0.25) is 0 Å². The fourth-order valence-electron chi connectivity index (χ4n) is 6.25. The van der Waals surface area contributed by atoms with Crippen LogP contribution in [-0.4, -0.2) is 118 Å². The first-order valence-corrected chi connectivity index (χ1v) is 18.1. The molecule has 2 rings (SSSR count). The van der Waals surface area contributed by atoms with Gasteiger partial charge in [0.15, 0.2) is 11.9 Å². The number of aliphatic hydroxyl groups excluding tert-OH is 2. The molecule has 48 heavy (non-hydrogen) atoms. The third kappa shape index (κ3) is 13.0. The summed E-state index contributed by atoms with van der Waals surface area (Å²) in [6.07, 6.45) is 9.71. The first kappa shape index (κ1) is 42.1. The van der Waals surface area contributed by atoms with E-state index < -0.39 is 41.5 Å². The molecule has 0 radical (unpaired) electrons. The van der Waals surface area contributed by atoms with Gasteiger partial charge < -0.3 is 34.4 Å². The average molecular weight is 679 g/mol. The van der Waals surface area contributed by atoms with Gasteiger partial charge in [-0.05, 0) is 78.4 Å². The molecule has 0 bridgehead atoms. The first-order chi connectivity index (χ1) is 22.5. The number of aliphatic hydroxyl groups is 3. The van der Waals surface area contributed by atoms with E-state index in [1.54, 1.807) is 63.2 Å². The number of allylic oxidation sites excluding steroid dienone is 4.